The molecule has 0 bridgehead atoms. The van der Waals surface area contributed by atoms with Crippen LogP contribution in [0.25, 0.3) is 0 Å². The SMILES string of the molecule is N#CNC(=NCCCCCCC(=O)N(CCCN1CCCC1)Cc1ccco1)Nc1ccncc1. The normalized spacial score (nSPS) is 14.0. The number of furan rings is 1. The van der Waals surface area contributed by atoms with Gasteiger partial charge in [0, 0.05) is 37.6 Å². The van der Waals surface area contributed by atoms with E-state index < -0.39 is 0 Å². The molecule has 3 rings (SSSR count). The number of carbonyl (C=O) groups is 1. The average molecular weight is 480 g/mol. The number of likely N-dealkylation sites (tertiary alicyclic amines) is 1. The summed E-state index contributed by atoms with van der Waals surface area (Å²) in [7, 11) is 0. The lowest BCUT2D eigenvalue weighted by Crippen LogP contribution is -2.33. The van der Waals surface area contributed by atoms with E-state index >= 15 is 0 Å². The fraction of sp³-hybridized carbons (Fsp3) is 0.538. The molecule has 0 aliphatic carbocycles. The summed E-state index contributed by atoms with van der Waals surface area (Å²) in [6.07, 6.45) is 14.8. The van der Waals surface area contributed by atoms with E-state index in [1.165, 1.54) is 25.9 Å². The molecule has 0 saturated carbocycles. The molecule has 2 aromatic rings. The maximum Gasteiger partial charge on any atom is 0.222 e. The van der Waals surface area contributed by atoms with Gasteiger partial charge in [-0.25, -0.2) is 0 Å². The highest BCUT2D eigenvalue weighted by Gasteiger charge is 2.16. The maximum absolute atomic E-state index is 12.9. The number of guanidine groups is 1. The highest BCUT2D eigenvalue weighted by Crippen LogP contribution is 2.13. The predicted molar refractivity (Wildman–Crippen MR) is 136 cm³/mol. The van der Waals surface area contributed by atoms with Crippen LogP contribution in [0.1, 0.15) is 57.1 Å². The number of rotatable bonds is 14. The first-order valence-corrected chi connectivity index (χ1v) is 12.6. The van der Waals surface area contributed by atoms with Crippen LogP contribution in [-0.4, -0.2) is 59.4 Å². The summed E-state index contributed by atoms with van der Waals surface area (Å²) in [6, 6.07) is 7.43. The second-order valence-corrected chi connectivity index (χ2v) is 8.79. The minimum atomic E-state index is 0.197. The molecule has 0 aromatic carbocycles. The molecule has 0 spiro atoms. The molecule has 1 saturated heterocycles. The number of nitrogens with one attached hydrogen (secondary N) is 2. The first kappa shape index (κ1) is 26.2. The van der Waals surface area contributed by atoms with E-state index in [0.717, 1.165) is 56.6 Å². The Morgan fingerprint density at radius 1 is 1.14 bits per heavy atom. The third-order valence-corrected chi connectivity index (χ3v) is 6.07. The monoisotopic (exact) mass is 479 g/mol. The van der Waals surface area contributed by atoms with Crippen molar-refractivity contribution in [1.29, 1.82) is 5.26 Å². The Morgan fingerprint density at radius 3 is 2.69 bits per heavy atom. The molecule has 35 heavy (non-hydrogen) atoms. The number of aliphatic imine (C=N–C) groups is 1. The van der Waals surface area contributed by atoms with Crippen LogP contribution in [-0.2, 0) is 11.3 Å². The van der Waals surface area contributed by atoms with Crippen LogP contribution in [0.5, 0.6) is 0 Å². The molecule has 0 atom stereocenters. The maximum atomic E-state index is 12.9. The van der Waals surface area contributed by atoms with E-state index in [-0.39, 0.29) is 5.91 Å². The van der Waals surface area contributed by atoms with Crippen LogP contribution < -0.4 is 10.6 Å². The van der Waals surface area contributed by atoms with Gasteiger partial charge in [0.05, 0.1) is 12.8 Å². The number of pyridine rings is 1. The van der Waals surface area contributed by atoms with Gasteiger partial charge in [-0.3, -0.25) is 20.1 Å². The first-order chi connectivity index (χ1) is 17.2. The van der Waals surface area contributed by atoms with Crippen molar-refractivity contribution in [1.82, 2.24) is 20.1 Å². The third kappa shape index (κ3) is 10.2. The van der Waals surface area contributed by atoms with Crippen molar-refractivity contribution in [2.45, 2.75) is 57.9 Å². The Labute approximate surface area is 208 Å². The lowest BCUT2D eigenvalue weighted by atomic mass is 10.1. The highest BCUT2D eigenvalue weighted by atomic mass is 16.3. The molecule has 1 aliphatic rings. The lowest BCUT2D eigenvalue weighted by molar-refractivity contribution is -0.132. The average Bonchev–Trinajstić information content (AvgIpc) is 3.58. The van der Waals surface area contributed by atoms with Gasteiger partial charge in [0.1, 0.15) is 5.76 Å². The fourth-order valence-corrected chi connectivity index (χ4v) is 4.20. The lowest BCUT2D eigenvalue weighted by Gasteiger charge is -2.23. The molecular weight excluding hydrogens is 442 g/mol. The number of carbonyl (C=O) groups excluding carboxylic acids is 1. The zero-order valence-electron chi connectivity index (χ0n) is 20.5. The standard InChI is InChI=1S/C26H37N7O2/c27-22-30-26(31-23-11-14-28-15-12-23)29-13-4-2-1-3-10-25(34)33(21-24-9-7-20-35-24)19-8-18-32-16-5-6-17-32/h7,9,11-12,14-15,20H,1-6,8,10,13,16-19,21H2,(H2,28,29,30,31). The van der Waals surface area contributed by atoms with E-state index in [9.17, 15) is 4.79 Å². The van der Waals surface area contributed by atoms with Gasteiger partial charge >= 0.3 is 0 Å². The van der Waals surface area contributed by atoms with Gasteiger partial charge in [-0.2, -0.15) is 5.26 Å². The van der Waals surface area contributed by atoms with Crippen LogP contribution in [0.2, 0.25) is 0 Å². The van der Waals surface area contributed by atoms with Gasteiger partial charge in [0.15, 0.2) is 6.19 Å². The molecule has 2 N–H and O–H groups in total. The molecule has 9 nitrogen and oxygen atoms in total. The summed E-state index contributed by atoms with van der Waals surface area (Å²) in [5.41, 5.74) is 0.819. The molecule has 2 aromatic heterocycles. The summed E-state index contributed by atoms with van der Waals surface area (Å²) in [5.74, 6) is 1.46. The zero-order valence-corrected chi connectivity index (χ0v) is 20.5. The predicted octanol–water partition coefficient (Wildman–Crippen LogP) is 3.98. The molecule has 188 valence electrons. The minimum Gasteiger partial charge on any atom is -0.467 e. The van der Waals surface area contributed by atoms with Crippen molar-refractivity contribution in [2.75, 3.05) is 38.0 Å². The van der Waals surface area contributed by atoms with Gasteiger partial charge in [-0.05, 0) is 76.0 Å². The van der Waals surface area contributed by atoms with Crippen molar-refractivity contribution < 1.29 is 9.21 Å². The van der Waals surface area contributed by atoms with Gasteiger partial charge in [0.25, 0.3) is 0 Å². The quantitative estimate of drug-likeness (QED) is 0.139. The van der Waals surface area contributed by atoms with Crippen molar-refractivity contribution in [3.63, 3.8) is 0 Å². The van der Waals surface area contributed by atoms with Gasteiger partial charge in [0.2, 0.25) is 11.9 Å². The van der Waals surface area contributed by atoms with Crippen molar-refractivity contribution in [2.24, 2.45) is 4.99 Å². The van der Waals surface area contributed by atoms with Crippen LogP contribution in [0.4, 0.5) is 5.69 Å². The van der Waals surface area contributed by atoms with Crippen molar-refractivity contribution in [3.05, 3.63) is 48.7 Å². The van der Waals surface area contributed by atoms with Crippen LogP contribution in [0, 0.1) is 11.5 Å². The number of hydrogen-bond acceptors (Lipinski definition) is 6. The number of aromatic nitrogens is 1. The second kappa shape index (κ2) is 15.5. The van der Waals surface area contributed by atoms with Crippen molar-refractivity contribution >= 4 is 17.6 Å². The second-order valence-electron chi connectivity index (χ2n) is 8.79. The van der Waals surface area contributed by atoms with E-state index in [2.05, 4.69) is 25.5 Å². The molecule has 0 unspecified atom stereocenters. The van der Waals surface area contributed by atoms with E-state index in [1.54, 1.807) is 18.7 Å². The van der Waals surface area contributed by atoms with E-state index in [4.69, 9.17) is 9.68 Å². The van der Waals surface area contributed by atoms with E-state index in [1.807, 2.05) is 35.4 Å². The number of nitriles is 1. The number of anilines is 1. The smallest absolute Gasteiger partial charge is 0.222 e. The van der Waals surface area contributed by atoms with Crippen LogP contribution in [0.15, 0.2) is 52.3 Å². The largest absolute Gasteiger partial charge is 0.467 e. The number of amides is 1. The molecular formula is C26H37N7O2. The third-order valence-electron chi connectivity index (χ3n) is 6.07. The summed E-state index contributed by atoms with van der Waals surface area (Å²) >= 11 is 0. The summed E-state index contributed by atoms with van der Waals surface area (Å²) in [6.45, 7) is 5.34. The van der Waals surface area contributed by atoms with Crippen LogP contribution in [0.3, 0.4) is 0 Å². The number of unbranched alkanes of at least 4 members (excludes halogenated alkanes) is 3. The Balaban J connectivity index is 1.34. The molecule has 1 fully saturated rings. The Morgan fingerprint density at radius 2 is 1.94 bits per heavy atom. The number of hydrogen-bond donors (Lipinski definition) is 2. The Bertz CT molecular complexity index is 919. The summed E-state index contributed by atoms with van der Waals surface area (Å²) in [4.78, 5) is 25.8. The summed E-state index contributed by atoms with van der Waals surface area (Å²) in [5, 5.41) is 14.6. The first-order valence-electron chi connectivity index (χ1n) is 12.6. The Kier molecular flexibility index (Phi) is 11.6. The molecule has 1 amide bonds. The topological polar surface area (TPSA) is 110 Å². The molecule has 1 aliphatic heterocycles. The molecule has 9 heteroatoms. The van der Waals surface area contributed by atoms with Crippen LogP contribution >= 0.6 is 0 Å². The highest BCUT2D eigenvalue weighted by molar-refractivity contribution is 5.94. The van der Waals surface area contributed by atoms with Gasteiger partial charge in [-0.15, -0.1) is 0 Å². The van der Waals surface area contributed by atoms with Gasteiger partial charge in [-0.1, -0.05) is 12.8 Å². The Hall–Kier alpha value is -3.38. The zero-order chi connectivity index (χ0) is 24.6. The molecule has 3 heterocycles. The van der Waals surface area contributed by atoms with Crippen molar-refractivity contribution in [3.8, 4) is 6.19 Å². The molecule has 0 radical (unpaired) electrons. The fourth-order valence-electron chi connectivity index (χ4n) is 4.20. The van der Waals surface area contributed by atoms with Gasteiger partial charge < -0.3 is 19.5 Å². The number of nitrogens with zero attached hydrogens (tertiary/aromatic N) is 5. The summed E-state index contributed by atoms with van der Waals surface area (Å²) < 4.78 is 5.49. The minimum absolute atomic E-state index is 0.197. The van der Waals surface area contributed by atoms with E-state index in [0.29, 0.717) is 25.5 Å².